The lowest BCUT2D eigenvalue weighted by molar-refractivity contribution is -0.133. The van der Waals surface area contributed by atoms with Gasteiger partial charge >= 0.3 is 0 Å². The molecule has 2 aliphatic rings. The van der Waals surface area contributed by atoms with Gasteiger partial charge in [-0.15, -0.1) is 0 Å². The fraction of sp³-hybridized carbons (Fsp3) is 0.789. The van der Waals surface area contributed by atoms with Gasteiger partial charge in [0.2, 0.25) is 11.8 Å². The van der Waals surface area contributed by atoms with Crippen LogP contribution in [-0.2, 0) is 9.59 Å². The van der Waals surface area contributed by atoms with E-state index in [1.165, 1.54) is 18.4 Å². The lowest BCUT2D eigenvalue weighted by atomic mass is 10.0. The van der Waals surface area contributed by atoms with Gasteiger partial charge in [0.05, 0.1) is 12.5 Å². The van der Waals surface area contributed by atoms with Crippen LogP contribution in [0.4, 0.5) is 0 Å². The second-order valence-electron chi connectivity index (χ2n) is 8.07. The van der Waals surface area contributed by atoms with E-state index in [2.05, 4.69) is 40.4 Å². The van der Waals surface area contributed by atoms with Crippen LogP contribution in [0, 0.1) is 0 Å². The van der Waals surface area contributed by atoms with E-state index in [0.29, 0.717) is 19.6 Å². The number of hydrogen-bond donors (Lipinski definition) is 2. The van der Waals surface area contributed by atoms with Crippen molar-refractivity contribution >= 4 is 11.8 Å². The number of piperazine rings is 1. The highest BCUT2D eigenvalue weighted by atomic mass is 16.2. The van der Waals surface area contributed by atoms with Crippen molar-refractivity contribution in [1.82, 2.24) is 20.4 Å². The van der Waals surface area contributed by atoms with Gasteiger partial charge in [-0.25, -0.2) is 0 Å². The van der Waals surface area contributed by atoms with Crippen LogP contribution < -0.4 is 10.6 Å². The quantitative estimate of drug-likeness (QED) is 0.676. The number of likely N-dealkylation sites (tertiary alicyclic amines) is 1. The van der Waals surface area contributed by atoms with Crippen molar-refractivity contribution in [2.45, 2.75) is 58.5 Å². The Balaban J connectivity index is 1.87. The van der Waals surface area contributed by atoms with Gasteiger partial charge in [0.1, 0.15) is 0 Å². The first-order chi connectivity index (χ1) is 11.8. The molecule has 2 heterocycles. The van der Waals surface area contributed by atoms with Crippen LogP contribution in [0.3, 0.4) is 0 Å². The number of allylic oxidation sites excluding steroid dienone is 1. The molecule has 0 saturated carbocycles. The summed E-state index contributed by atoms with van der Waals surface area (Å²) < 4.78 is 0. The number of rotatable bonds is 7. The monoisotopic (exact) mass is 350 g/mol. The molecule has 1 atom stereocenters. The van der Waals surface area contributed by atoms with Crippen LogP contribution in [0.5, 0.6) is 0 Å². The van der Waals surface area contributed by atoms with E-state index in [1.54, 1.807) is 0 Å². The van der Waals surface area contributed by atoms with E-state index in [4.69, 9.17) is 0 Å². The first-order valence-electron chi connectivity index (χ1n) is 9.46. The molecule has 0 aromatic rings. The molecule has 0 unspecified atom stereocenters. The second-order valence-corrected chi connectivity index (χ2v) is 8.07. The number of amides is 2. The summed E-state index contributed by atoms with van der Waals surface area (Å²) in [5.74, 6) is -0.0844. The van der Waals surface area contributed by atoms with Crippen molar-refractivity contribution in [3.8, 4) is 0 Å². The van der Waals surface area contributed by atoms with E-state index < -0.39 is 0 Å². The van der Waals surface area contributed by atoms with E-state index in [9.17, 15) is 9.59 Å². The molecule has 0 radical (unpaired) electrons. The molecule has 0 aliphatic carbocycles. The molecule has 2 fully saturated rings. The molecule has 2 saturated heterocycles. The second kappa shape index (κ2) is 8.81. The molecular weight excluding hydrogens is 316 g/mol. The molecule has 0 bridgehead atoms. The minimum absolute atomic E-state index is 0.0390. The Morgan fingerprint density at radius 2 is 1.96 bits per heavy atom. The minimum atomic E-state index is -0.376. The first kappa shape index (κ1) is 19.9. The van der Waals surface area contributed by atoms with Crippen LogP contribution in [-0.4, -0.2) is 72.5 Å². The average molecular weight is 351 g/mol. The Hall–Kier alpha value is -1.40. The Kier molecular flexibility index (Phi) is 7.02. The predicted molar refractivity (Wildman–Crippen MR) is 100 cm³/mol. The zero-order valence-electron chi connectivity index (χ0n) is 16.2. The molecule has 0 aromatic heterocycles. The minimum Gasteiger partial charge on any atom is -0.354 e. The third kappa shape index (κ3) is 5.82. The van der Waals surface area contributed by atoms with Gasteiger partial charge in [-0.2, -0.15) is 0 Å². The SMILES string of the molecule is CC(C)=CCN1CCNC(=O)[C@@H]1CC(=O)NCC(C)(C)N1CCCC1. The summed E-state index contributed by atoms with van der Waals surface area (Å²) in [6.07, 6.45) is 4.80. The normalized spacial score (nSPS) is 22.6. The van der Waals surface area contributed by atoms with Crippen LogP contribution in [0.15, 0.2) is 11.6 Å². The third-order valence-corrected chi connectivity index (χ3v) is 5.23. The predicted octanol–water partition coefficient (Wildman–Crippen LogP) is 1.13. The molecule has 6 heteroatoms. The van der Waals surface area contributed by atoms with Crippen molar-refractivity contribution in [3.63, 3.8) is 0 Å². The first-order valence-corrected chi connectivity index (χ1v) is 9.46. The summed E-state index contributed by atoms with van der Waals surface area (Å²) in [5, 5.41) is 5.93. The number of carbonyl (C=O) groups is 2. The van der Waals surface area contributed by atoms with E-state index in [1.807, 2.05) is 13.8 Å². The smallest absolute Gasteiger partial charge is 0.237 e. The highest BCUT2D eigenvalue weighted by Gasteiger charge is 2.33. The summed E-state index contributed by atoms with van der Waals surface area (Å²) in [4.78, 5) is 29.2. The number of nitrogens with zero attached hydrogens (tertiary/aromatic N) is 2. The van der Waals surface area contributed by atoms with Crippen molar-refractivity contribution in [1.29, 1.82) is 0 Å². The Bertz CT molecular complexity index is 506. The van der Waals surface area contributed by atoms with Crippen LogP contribution in [0.1, 0.15) is 47.0 Å². The zero-order valence-corrected chi connectivity index (χ0v) is 16.2. The summed E-state index contributed by atoms with van der Waals surface area (Å²) in [6.45, 7) is 13.4. The fourth-order valence-corrected chi connectivity index (χ4v) is 3.50. The maximum absolute atomic E-state index is 12.5. The van der Waals surface area contributed by atoms with E-state index >= 15 is 0 Å². The lowest BCUT2D eigenvalue weighted by Gasteiger charge is -2.36. The Morgan fingerprint density at radius 3 is 2.60 bits per heavy atom. The maximum atomic E-state index is 12.5. The highest BCUT2D eigenvalue weighted by Crippen LogP contribution is 2.20. The molecule has 2 amide bonds. The molecule has 142 valence electrons. The molecule has 25 heavy (non-hydrogen) atoms. The highest BCUT2D eigenvalue weighted by molar-refractivity contribution is 5.88. The van der Waals surface area contributed by atoms with Gasteiger partial charge in [0.15, 0.2) is 0 Å². The van der Waals surface area contributed by atoms with Gasteiger partial charge in [0, 0.05) is 31.7 Å². The van der Waals surface area contributed by atoms with Crippen LogP contribution in [0.2, 0.25) is 0 Å². The molecule has 2 rings (SSSR count). The molecular formula is C19H34N4O2. The third-order valence-electron chi connectivity index (χ3n) is 5.23. The molecule has 0 aromatic carbocycles. The molecule has 2 N–H and O–H groups in total. The molecule has 6 nitrogen and oxygen atoms in total. The average Bonchev–Trinajstić information content (AvgIpc) is 3.09. The Morgan fingerprint density at radius 1 is 1.28 bits per heavy atom. The van der Waals surface area contributed by atoms with Gasteiger partial charge < -0.3 is 10.6 Å². The molecule has 0 spiro atoms. The Labute approximate surface area is 152 Å². The van der Waals surface area contributed by atoms with Gasteiger partial charge in [0.25, 0.3) is 0 Å². The summed E-state index contributed by atoms with van der Waals surface area (Å²) in [5.41, 5.74) is 1.18. The van der Waals surface area contributed by atoms with Crippen molar-refractivity contribution in [2.75, 3.05) is 39.3 Å². The lowest BCUT2D eigenvalue weighted by Crippen LogP contribution is -2.57. The van der Waals surface area contributed by atoms with Crippen molar-refractivity contribution < 1.29 is 9.59 Å². The maximum Gasteiger partial charge on any atom is 0.237 e. The molecule has 2 aliphatic heterocycles. The number of nitrogens with one attached hydrogen (secondary N) is 2. The largest absolute Gasteiger partial charge is 0.354 e. The summed E-state index contributed by atoms with van der Waals surface area (Å²) >= 11 is 0. The van der Waals surface area contributed by atoms with Crippen LogP contribution >= 0.6 is 0 Å². The van der Waals surface area contributed by atoms with E-state index in [0.717, 1.165) is 19.6 Å². The zero-order chi connectivity index (χ0) is 18.4. The van der Waals surface area contributed by atoms with Gasteiger partial charge in [-0.05, 0) is 53.6 Å². The van der Waals surface area contributed by atoms with Crippen molar-refractivity contribution in [2.24, 2.45) is 0 Å². The standard InChI is InChI=1S/C19H34N4O2/c1-15(2)7-11-22-12-8-20-18(25)16(22)13-17(24)21-14-19(3,4)23-9-5-6-10-23/h7,16H,5-6,8-14H2,1-4H3,(H,20,25)(H,21,24)/t16-/m0/s1. The number of hydrogen-bond acceptors (Lipinski definition) is 4. The van der Waals surface area contributed by atoms with Gasteiger partial charge in [-0.1, -0.05) is 11.6 Å². The fourth-order valence-electron chi connectivity index (χ4n) is 3.50. The number of carbonyl (C=O) groups excluding carboxylic acids is 2. The topological polar surface area (TPSA) is 64.7 Å². The van der Waals surface area contributed by atoms with Gasteiger partial charge in [-0.3, -0.25) is 19.4 Å². The summed E-state index contributed by atoms with van der Waals surface area (Å²) in [6, 6.07) is -0.376. The van der Waals surface area contributed by atoms with Crippen LogP contribution in [0.25, 0.3) is 0 Å². The van der Waals surface area contributed by atoms with E-state index in [-0.39, 0.29) is 29.8 Å². The summed E-state index contributed by atoms with van der Waals surface area (Å²) in [7, 11) is 0. The van der Waals surface area contributed by atoms with Crippen molar-refractivity contribution in [3.05, 3.63) is 11.6 Å².